The van der Waals surface area contributed by atoms with Gasteiger partial charge >= 0.3 is 0 Å². The van der Waals surface area contributed by atoms with Crippen molar-refractivity contribution in [2.75, 3.05) is 66.5 Å². The summed E-state index contributed by atoms with van der Waals surface area (Å²) >= 11 is 0. The van der Waals surface area contributed by atoms with Gasteiger partial charge < -0.3 is 25.3 Å². The van der Waals surface area contributed by atoms with E-state index < -0.39 is 0 Å². The number of hydrogen-bond donors (Lipinski definition) is 2. The smallest absolute Gasteiger partial charge is 0.191 e. The van der Waals surface area contributed by atoms with Crippen LogP contribution in [0.1, 0.15) is 33.6 Å². The number of piperidine rings is 1. The maximum absolute atomic E-state index is 4.43. The van der Waals surface area contributed by atoms with Crippen LogP contribution in [0.4, 0.5) is 0 Å². The molecule has 2 aliphatic rings. The molecule has 0 radical (unpaired) electrons. The third-order valence-corrected chi connectivity index (χ3v) is 5.61. The summed E-state index contributed by atoms with van der Waals surface area (Å²) in [6.45, 7) is 16.2. The molecule has 25 heavy (non-hydrogen) atoms. The Morgan fingerprint density at radius 3 is 2.24 bits per heavy atom. The minimum absolute atomic E-state index is 0.550. The van der Waals surface area contributed by atoms with Gasteiger partial charge in [0.25, 0.3) is 0 Å². The van der Waals surface area contributed by atoms with Crippen LogP contribution in [-0.4, -0.2) is 99.2 Å². The molecule has 0 bridgehead atoms. The molecule has 2 rings (SSSR count). The van der Waals surface area contributed by atoms with E-state index in [1.54, 1.807) is 0 Å². The Hall–Kier alpha value is -0.850. The second-order valence-corrected chi connectivity index (χ2v) is 8.21. The van der Waals surface area contributed by atoms with Crippen LogP contribution in [0.15, 0.2) is 4.99 Å². The van der Waals surface area contributed by atoms with Gasteiger partial charge in [-0.1, -0.05) is 6.92 Å². The summed E-state index contributed by atoms with van der Waals surface area (Å²) in [4.78, 5) is 12.0. The molecule has 0 spiro atoms. The van der Waals surface area contributed by atoms with E-state index in [2.05, 4.69) is 58.1 Å². The average molecular weight is 353 g/mol. The first-order chi connectivity index (χ1) is 12.0. The maximum Gasteiger partial charge on any atom is 0.191 e. The first-order valence-electron chi connectivity index (χ1n) is 10.1. The minimum atomic E-state index is 0.550. The highest BCUT2D eigenvalue weighted by Gasteiger charge is 2.21. The van der Waals surface area contributed by atoms with E-state index in [4.69, 9.17) is 0 Å². The fourth-order valence-corrected chi connectivity index (χ4v) is 3.75. The standard InChI is InChI=1S/C19H40N6/c1-16(2)25-8-6-18(7-9-25)22-19(20-4)21-14-17(3)15-24-12-10-23(5)11-13-24/h16-18H,6-15H2,1-5H3,(H2,20,21,22). The van der Waals surface area contributed by atoms with Crippen molar-refractivity contribution in [3.8, 4) is 0 Å². The van der Waals surface area contributed by atoms with Gasteiger partial charge in [0.1, 0.15) is 0 Å². The third-order valence-electron chi connectivity index (χ3n) is 5.61. The molecule has 0 aromatic heterocycles. The van der Waals surface area contributed by atoms with Gasteiger partial charge in [0.15, 0.2) is 5.96 Å². The molecule has 0 amide bonds. The van der Waals surface area contributed by atoms with Gasteiger partial charge in [-0.25, -0.2) is 0 Å². The zero-order valence-electron chi connectivity index (χ0n) is 17.1. The number of likely N-dealkylation sites (tertiary alicyclic amines) is 1. The van der Waals surface area contributed by atoms with E-state index in [-0.39, 0.29) is 0 Å². The van der Waals surface area contributed by atoms with E-state index in [1.807, 2.05) is 7.05 Å². The minimum Gasteiger partial charge on any atom is -0.356 e. The van der Waals surface area contributed by atoms with E-state index in [9.17, 15) is 0 Å². The van der Waals surface area contributed by atoms with Crippen molar-refractivity contribution in [3.05, 3.63) is 0 Å². The summed E-state index contributed by atoms with van der Waals surface area (Å²) in [5.74, 6) is 1.60. The molecule has 2 aliphatic heterocycles. The van der Waals surface area contributed by atoms with Crippen molar-refractivity contribution >= 4 is 5.96 Å². The summed E-state index contributed by atoms with van der Waals surface area (Å²) < 4.78 is 0. The first kappa shape index (κ1) is 20.5. The summed E-state index contributed by atoms with van der Waals surface area (Å²) in [6.07, 6.45) is 2.41. The van der Waals surface area contributed by atoms with Crippen molar-refractivity contribution in [1.29, 1.82) is 0 Å². The lowest BCUT2D eigenvalue weighted by molar-refractivity contribution is 0.139. The number of piperazine rings is 1. The lowest BCUT2D eigenvalue weighted by Gasteiger charge is -2.35. The van der Waals surface area contributed by atoms with Gasteiger partial charge in [0.05, 0.1) is 0 Å². The average Bonchev–Trinajstić information content (AvgIpc) is 2.61. The van der Waals surface area contributed by atoms with Gasteiger partial charge in [-0.2, -0.15) is 0 Å². The Morgan fingerprint density at radius 2 is 1.68 bits per heavy atom. The topological polar surface area (TPSA) is 46.1 Å². The number of likely N-dealkylation sites (N-methyl/N-ethyl adjacent to an activating group) is 1. The van der Waals surface area contributed by atoms with Crippen molar-refractivity contribution < 1.29 is 0 Å². The van der Waals surface area contributed by atoms with Gasteiger partial charge in [-0.3, -0.25) is 4.99 Å². The van der Waals surface area contributed by atoms with Crippen LogP contribution in [0.3, 0.4) is 0 Å². The monoisotopic (exact) mass is 352 g/mol. The van der Waals surface area contributed by atoms with Gasteiger partial charge in [-0.05, 0) is 39.7 Å². The summed E-state index contributed by atoms with van der Waals surface area (Å²) in [7, 11) is 4.09. The van der Waals surface area contributed by atoms with Crippen molar-refractivity contribution in [2.45, 2.75) is 45.7 Å². The lowest BCUT2D eigenvalue weighted by atomic mass is 10.0. The van der Waals surface area contributed by atoms with E-state index in [0.717, 1.165) is 12.5 Å². The van der Waals surface area contributed by atoms with Crippen molar-refractivity contribution in [1.82, 2.24) is 25.3 Å². The first-order valence-corrected chi connectivity index (χ1v) is 10.1. The molecule has 146 valence electrons. The molecule has 1 unspecified atom stereocenters. The van der Waals surface area contributed by atoms with E-state index >= 15 is 0 Å². The van der Waals surface area contributed by atoms with Crippen LogP contribution in [-0.2, 0) is 0 Å². The fraction of sp³-hybridized carbons (Fsp3) is 0.947. The molecule has 0 aliphatic carbocycles. The number of guanidine groups is 1. The Labute approximate surface area is 155 Å². The molecule has 2 N–H and O–H groups in total. The van der Waals surface area contributed by atoms with Gasteiger partial charge in [-0.15, -0.1) is 0 Å². The van der Waals surface area contributed by atoms with Gasteiger partial charge in [0, 0.05) is 71.5 Å². The Balaban J connectivity index is 1.64. The molecular formula is C19H40N6. The number of rotatable bonds is 6. The Kier molecular flexibility index (Phi) is 8.46. The van der Waals surface area contributed by atoms with E-state index in [1.165, 1.54) is 58.7 Å². The molecule has 6 heteroatoms. The Morgan fingerprint density at radius 1 is 1.04 bits per heavy atom. The largest absolute Gasteiger partial charge is 0.356 e. The lowest BCUT2D eigenvalue weighted by Crippen LogP contribution is -2.51. The van der Waals surface area contributed by atoms with Crippen LogP contribution in [0, 0.1) is 5.92 Å². The molecule has 2 saturated heterocycles. The van der Waals surface area contributed by atoms with Gasteiger partial charge in [0.2, 0.25) is 0 Å². The van der Waals surface area contributed by atoms with Crippen molar-refractivity contribution in [2.24, 2.45) is 10.9 Å². The number of aliphatic imine (C=N–C) groups is 1. The van der Waals surface area contributed by atoms with Crippen LogP contribution in [0.5, 0.6) is 0 Å². The van der Waals surface area contributed by atoms with Crippen LogP contribution in [0.2, 0.25) is 0 Å². The number of hydrogen-bond acceptors (Lipinski definition) is 4. The van der Waals surface area contributed by atoms with E-state index in [0.29, 0.717) is 18.0 Å². The van der Waals surface area contributed by atoms with Crippen LogP contribution >= 0.6 is 0 Å². The molecule has 6 nitrogen and oxygen atoms in total. The zero-order chi connectivity index (χ0) is 18.2. The highest BCUT2D eigenvalue weighted by atomic mass is 15.3. The quantitative estimate of drug-likeness (QED) is 0.550. The highest BCUT2D eigenvalue weighted by Crippen LogP contribution is 2.12. The number of nitrogens with zero attached hydrogens (tertiary/aromatic N) is 4. The zero-order valence-corrected chi connectivity index (χ0v) is 17.1. The Bertz CT molecular complexity index is 395. The van der Waals surface area contributed by atoms with Crippen LogP contribution < -0.4 is 10.6 Å². The molecule has 0 aromatic rings. The second kappa shape index (κ2) is 10.3. The highest BCUT2D eigenvalue weighted by molar-refractivity contribution is 5.79. The SMILES string of the molecule is CN=C(NCC(C)CN1CCN(C)CC1)NC1CCN(C(C)C)CC1. The second-order valence-electron chi connectivity index (χ2n) is 8.21. The van der Waals surface area contributed by atoms with Crippen LogP contribution in [0.25, 0.3) is 0 Å². The molecular weight excluding hydrogens is 312 g/mol. The summed E-state index contributed by atoms with van der Waals surface area (Å²) in [5, 5.41) is 7.16. The predicted octanol–water partition coefficient (Wildman–Crippen LogP) is 0.908. The number of nitrogens with one attached hydrogen (secondary N) is 2. The van der Waals surface area contributed by atoms with Crippen molar-refractivity contribution in [3.63, 3.8) is 0 Å². The fourth-order valence-electron chi connectivity index (χ4n) is 3.75. The summed E-state index contributed by atoms with van der Waals surface area (Å²) in [5.41, 5.74) is 0. The third kappa shape index (κ3) is 7.12. The molecule has 2 heterocycles. The normalized spacial score (nSPS) is 23.8. The maximum atomic E-state index is 4.43. The molecule has 0 saturated carbocycles. The molecule has 2 fully saturated rings. The molecule has 1 atom stereocenters. The summed E-state index contributed by atoms with van der Waals surface area (Å²) in [6, 6.07) is 1.21. The molecule has 0 aromatic carbocycles. The predicted molar refractivity (Wildman–Crippen MR) is 107 cm³/mol.